The molecule has 0 fully saturated rings. The highest BCUT2D eigenvalue weighted by molar-refractivity contribution is 7.99. The molecule has 7 heteroatoms. The molecule has 2 atom stereocenters. The molecule has 1 aliphatic rings. The smallest absolute Gasteiger partial charge is 0.257 e. The molecule has 0 radical (unpaired) electrons. The van der Waals surface area contributed by atoms with Crippen LogP contribution in [-0.2, 0) is 9.53 Å². The Balaban J connectivity index is 2.04. The van der Waals surface area contributed by atoms with Crippen LogP contribution >= 0.6 is 23.4 Å². The first-order valence-electron chi connectivity index (χ1n) is 9.03. The maximum atomic E-state index is 13.5. The molecule has 1 heterocycles. The highest BCUT2D eigenvalue weighted by Gasteiger charge is 2.38. The van der Waals surface area contributed by atoms with Gasteiger partial charge in [0.05, 0.1) is 18.0 Å². The van der Waals surface area contributed by atoms with Crippen LogP contribution < -0.4 is 9.64 Å². The zero-order valence-corrected chi connectivity index (χ0v) is 18.1. The van der Waals surface area contributed by atoms with Gasteiger partial charge >= 0.3 is 0 Å². The fraction of sp³-hybridized carbons (Fsp3) is 0.381. The summed E-state index contributed by atoms with van der Waals surface area (Å²) in [7, 11) is 7.21. The molecule has 1 amide bonds. The number of methoxy groups -OCH3 is 2. The first kappa shape index (κ1) is 21.0. The van der Waals surface area contributed by atoms with Gasteiger partial charge in [0.1, 0.15) is 5.75 Å². The van der Waals surface area contributed by atoms with Gasteiger partial charge in [0.2, 0.25) is 0 Å². The summed E-state index contributed by atoms with van der Waals surface area (Å²) in [6, 6.07) is 13.4. The Labute approximate surface area is 175 Å². The molecule has 1 aliphatic heterocycles. The van der Waals surface area contributed by atoms with E-state index < -0.39 is 6.10 Å². The van der Waals surface area contributed by atoms with Gasteiger partial charge in [0, 0.05) is 30.1 Å². The molecule has 2 aromatic carbocycles. The summed E-state index contributed by atoms with van der Waals surface area (Å²) in [5, 5.41) is 0.459. The molecule has 0 N–H and O–H groups in total. The number of carbonyl (C=O) groups excluding carboxylic acids is 1. The van der Waals surface area contributed by atoms with Crippen LogP contribution in [0.15, 0.2) is 47.4 Å². The topological polar surface area (TPSA) is 42.0 Å². The van der Waals surface area contributed by atoms with Crippen molar-refractivity contribution in [1.82, 2.24) is 4.90 Å². The Morgan fingerprint density at radius 1 is 1.14 bits per heavy atom. The fourth-order valence-electron chi connectivity index (χ4n) is 3.20. The number of anilines is 1. The molecular formula is C21H25ClN2O3S. The lowest BCUT2D eigenvalue weighted by atomic mass is 10.1. The van der Waals surface area contributed by atoms with E-state index >= 15 is 0 Å². The number of rotatable bonds is 6. The largest absolute Gasteiger partial charge is 0.497 e. The van der Waals surface area contributed by atoms with E-state index in [0.717, 1.165) is 28.4 Å². The summed E-state index contributed by atoms with van der Waals surface area (Å²) in [5.74, 6) is 0.734. The Morgan fingerprint density at radius 2 is 1.86 bits per heavy atom. The van der Waals surface area contributed by atoms with E-state index in [2.05, 4.69) is 4.90 Å². The Bertz CT molecular complexity index is 829. The van der Waals surface area contributed by atoms with Crippen LogP contribution in [0.5, 0.6) is 5.75 Å². The molecule has 0 saturated heterocycles. The third-order valence-corrected chi connectivity index (χ3v) is 6.31. The summed E-state index contributed by atoms with van der Waals surface area (Å²) in [5.41, 5.74) is 1.88. The van der Waals surface area contributed by atoms with Gasteiger partial charge in [-0.3, -0.25) is 4.79 Å². The normalized spacial score (nSPS) is 19.5. The highest BCUT2D eigenvalue weighted by atomic mass is 35.5. The number of hydrogen-bond acceptors (Lipinski definition) is 5. The zero-order valence-electron chi connectivity index (χ0n) is 16.5. The van der Waals surface area contributed by atoms with Gasteiger partial charge in [-0.25, -0.2) is 0 Å². The maximum Gasteiger partial charge on any atom is 0.257 e. The quantitative estimate of drug-likeness (QED) is 0.703. The molecule has 0 aliphatic carbocycles. The first-order valence-corrected chi connectivity index (χ1v) is 10.3. The molecule has 2 aromatic rings. The summed E-state index contributed by atoms with van der Waals surface area (Å²) in [6.45, 7) is 1.33. The SMILES string of the molecule is COc1ccc(C2Sc3cc(Cl)ccc3N(CCN(C)C)C(=O)C2OC)cc1. The van der Waals surface area contributed by atoms with E-state index in [-0.39, 0.29) is 11.2 Å². The minimum absolute atomic E-state index is 0.0428. The van der Waals surface area contributed by atoms with Gasteiger partial charge in [-0.1, -0.05) is 23.7 Å². The van der Waals surface area contributed by atoms with Crippen LogP contribution in [0.3, 0.4) is 0 Å². The molecule has 28 heavy (non-hydrogen) atoms. The van der Waals surface area contributed by atoms with E-state index in [1.165, 1.54) is 0 Å². The Morgan fingerprint density at radius 3 is 2.46 bits per heavy atom. The Hall–Kier alpha value is -1.73. The third kappa shape index (κ3) is 4.46. The first-order chi connectivity index (χ1) is 13.4. The van der Waals surface area contributed by atoms with Gasteiger partial charge in [0.15, 0.2) is 6.10 Å². The van der Waals surface area contributed by atoms with Crippen molar-refractivity contribution < 1.29 is 14.3 Å². The van der Waals surface area contributed by atoms with Crippen LogP contribution in [0.25, 0.3) is 0 Å². The van der Waals surface area contributed by atoms with Crippen LogP contribution in [0.4, 0.5) is 5.69 Å². The van der Waals surface area contributed by atoms with Crippen molar-refractivity contribution in [1.29, 1.82) is 0 Å². The molecule has 0 bridgehead atoms. The second kappa shape index (κ2) is 9.18. The molecule has 0 spiro atoms. The number of fused-ring (bicyclic) bond motifs is 1. The zero-order chi connectivity index (χ0) is 20.3. The minimum Gasteiger partial charge on any atom is -0.497 e. The van der Waals surface area contributed by atoms with Gasteiger partial charge < -0.3 is 19.3 Å². The van der Waals surface area contributed by atoms with E-state index in [9.17, 15) is 4.79 Å². The predicted molar refractivity (Wildman–Crippen MR) is 115 cm³/mol. The predicted octanol–water partition coefficient (Wildman–Crippen LogP) is 4.11. The van der Waals surface area contributed by atoms with Gasteiger partial charge in [-0.05, 0) is 50.0 Å². The van der Waals surface area contributed by atoms with Crippen molar-refractivity contribution in [3.8, 4) is 5.75 Å². The van der Waals surface area contributed by atoms with Gasteiger partial charge in [-0.2, -0.15) is 0 Å². The monoisotopic (exact) mass is 420 g/mol. The van der Waals surface area contributed by atoms with Crippen molar-refractivity contribution in [2.24, 2.45) is 0 Å². The molecule has 2 unspecified atom stereocenters. The van der Waals surface area contributed by atoms with E-state index in [4.69, 9.17) is 21.1 Å². The lowest BCUT2D eigenvalue weighted by Crippen LogP contribution is -2.44. The molecule has 0 saturated carbocycles. The van der Waals surface area contributed by atoms with Gasteiger partial charge in [0.25, 0.3) is 5.91 Å². The second-order valence-electron chi connectivity index (χ2n) is 6.87. The lowest BCUT2D eigenvalue weighted by molar-refractivity contribution is -0.128. The van der Waals surface area contributed by atoms with Crippen molar-refractivity contribution in [2.75, 3.05) is 46.3 Å². The Kier molecular flexibility index (Phi) is 6.88. The minimum atomic E-state index is -0.605. The molecule has 0 aromatic heterocycles. The number of nitrogens with zero attached hydrogens (tertiary/aromatic N) is 2. The number of likely N-dealkylation sites (N-methyl/N-ethyl adjacent to an activating group) is 1. The van der Waals surface area contributed by atoms with E-state index in [1.54, 1.807) is 26.0 Å². The number of amides is 1. The number of thioether (sulfide) groups is 1. The van der Waals surface area contributed by atoms with Crippen molar-refractivity contribution in [3.63, 3.8) is 0 Å². The maximum absolute atomic E-state index is 13.5. The third-order valence-electron chi connectivity index (χ3n) is 4.72. The van der Waals surface area contributed by atoms with Gasteiger partial charge in [-0.15, -0.1) is 11.8 Å². The van der Waals surface area contributed by atoms with Crippen LogP contribution in [0.2, 0.25) is 5.02 Å². The average molecular weight is 421 g/mol. The summed E-state index contributed by atoms with van der Waals surface area (Å²) in [4.78, 5) is 18.3. The number of benzene rings is 2. The highest BCUT2D eigenvalue weighted by Crippen LogP contribution is 2.47. The van der Waals surface area contributed by atoms with Crippen LogP contribution in [0, 0.1) is 0 Å². The van der Waals surface area contributed by atoms with Crippen molar-refractivity contribution in [2.45, 2.75) is 16.2 Å². The molecule has 5 nitrogen and oxygen atoms in total. The summed E-state index contributed by atoms with van der Waals surface area (Å²) < 4.78 is 11.0. The number of carbonyl (C=O) groups is 1. The summed E-state index contributed by atoms with van der Waals surface area (Å²) in [6.07, 6.45) is -0.605. The number of hydrogen-bond donors (Lipinski definition) is 0. The fourth-order valence-corrected chi connectivity index (χ4v) is 4.85. The number of ether oxygens (including phenoxy) is 2. The lowest BCUT2D eigenvalue weighted by Gasteiger charge is -2.28. The van der Waals surface area contributed by atoms with Crippen LogP contribution in [-0.4, -0.2) is 58.3 Å². The molecule has 3 rings (SSSR count). The number of halogens is 1. The van der Waals surface area contributed by atoms with Crippen molar-refractivity contribution >= 4 is 35.0 Å². The van der Waals surface area contributed by atoms with Crippen LogP contribution in [0.1, 0.15) is 10.8 Å². The standard InChI is InChI=1S/C21H25ClN2O3S/c1-23(2)11-12-24-17-10-7-15(22)13-18(17)28-20(19(27-4)21(24)25)14-5-8-16(26-3)9-6-14/h5-10,13,19-20H,11-12H2,1-4H3. The second-order valence-corrected chi connectivity index (χ2v) is 8.49. The average Bonchev–Trinajstić information content (AvgIpc) is 2.80. The van der Waals surface area contributed by atoms with E-state index in [0.29, 0.717) is 11.6 Å². The molecular weight excluding hydrogens is 396 g/mol. The van der Waals surface area contributed by atoms with E-state index in [1.807, 2.05) is 61.5 Å². The van der Waals surface area contributed by atoms with Crippen molar-refractivity contribution in [3.05, 3.63) is 53.1 Å². The summed E-state index contributed by atoms with van der Waals surface area (Å²) >= 11 is 7.88. The molecule has 150 valence electrons.